The number of hydrogen-bond donors (Lipinski definition) is 0. The van der Waals surface area contributed by atoms with Crippen LogP contribution in [0.3, 0.4) is 0 Å². The summed E-state index contributed by atoms with van der Waals surface area (Å²) < 4.78 is 277. The van der Waals surface area contributed by atoms with Crippen LogP contribution in [-0.2, 0) is 9.53 Å². The average molecular weight is 604 g/mol. The maximum Gasteiger partial charge on any atom is 0.467 e. The Morgan fingerprint density at radius 1 is 0.459 bits per heavy atom. The molecule has 0 bridgehead atoms. The standard InChI is InChI=1S/C14H5F21O2/c1-3(2)4(36)37-12(29,14(33,34)35)10(25,26)8(21,22)6(17,18)5(15,16)7(19,20)9(23,24)11(27,28)13(30,31)32/h1H2,2H3. The summed E-state index contributed by atoms with van der Waals surface area (Å²) >= 11 is 0. The van der Waals surface area contributed by atoms with Gasteiger partial charge in [0.2, 0.25) is 0 Å². The minimum absolute atomic E-state index is 0.154. The summed E-state index contributed by atoms with van der Waals surface area (Å²) in [6, 6.07) is 0. The first-order chi connectivity index (χ1) is 15.6. The van der Waals surface area contributed by atoms with Gasteiger partial charge in [-0.3, -0.25) is 0 Å². The van der Waals surface area contributed by atoms with Gasteiger partial charge in [-0.1, -0.05) is 6.58 Å². The highest BCUT2D eigenvalue weighted by atomic mass is 19.4. The first kappa shape index (κ1) is 34.7. The molecule has 0 radical (unpaired) electrons. The Bertz CT molecular complexity index is 894. The van der Waals surface area contributed by atoms with Crippen LogP contribution in [0.2, 0.25) is 0 Å². The Kier molecular flexibility index (Phi) is 8.10. The molecule has 1 atom stereocenters. The lowest BCUT2D eigenvalue weighted by molar-refractivity contribution is -0.484. The molecular weight excluding hydrogens is 599 g/mol. The van der Waals surface area contributed by atoms with Gasteiger partial charge in [0.25, 0.3) is 0 Å². The molecule has 0 N–H and O–H groups in total. The van der Waals surface area contributed by atoms with E-state index in [-0.39, 0.29) is 6.92 Å². The van der Waals surface area contributed by atoms with Gasteiger partial charge in [0.1, 0.15) is 0 Å². The minimum atomic E-state index is -9.25. The van der Waals surface area contributed by atoms with E-state index in [4.69, 9.17) is 0 Å². The molecule has 0 fully saturated rings. The number of carbonyl (C=O) groups excluding carboxylic acids is 1. The molecule has 0 aromatic carbocycles. The Labute approximate surface area is 188 Å². The third-order valence-corrected chi connectivity index (χ3v) is 4.07. The van der Waals surface area contributed by atoms with Gasteiger partial charge in [0, 0.05) is 5.57 Å². The topological polar surface area (TPSA) is 26.3 Å². The van der Waals surface area contributed by atoms with Crippen LogP contribution in [0.25, 0.3) is 0 Å². The molecule has 23 heteroatoms. The quantitative estimate of drug-likeness (QED) is 0.157. The lowest BCUT2D eigenvalue weighted by atomic mass is 9.87. The predicted molar refractivity (Wildman–Crippen MR) is 71.5 cm³/mol. The molecule has 1 unspecified atom stereocenters. The molecule has 0 aliphatic carbocycles. The number of carbonyl (C=O) groups is 1. The summed E-state index contributed by atoms with van der Waals surface area (Å²) in [6.45, 7) is 2.46. The molecule has 220 valence electrons. The summed E-state index contributed by atoms with van der Waals surface area (Å²) in [5.41, 5.74) is -1.62. The largest absolute Gasteiger partial charge is 0.467 e. The number of hydrogen-bond acceptors (Lipinski definition) is 2. The first-order valence-electron chi connectivity index (χ1n) is 7.93. The van der Waals surface area contributed by atoms with E-state index in [0.717, 1.165) is 0 Å². The molecule has 0 aromatic rings. The monoisotopic (exact) mass is 604 g/mol. The molecule has 0 rings (SSSR count). The van der Waals surface area contributed by atoms with Crippen molar-refractivity contribution in [3.8, 4) is 0 Å². The van der Waals surface area contributed by atoms with Crippen molar-refractivity contribution < 1.29 is 102 Å². The third-order valence-electron chi connectivity index (χ3n) is 4.07. The molecule has 0 aromatic heterocycles. The lowest BCUT2D eigenvalue weighted by Gasteiger charge is -2.44. The van der Waals surface area contributed by atoms with Crippen molar-refractivity contribution in [3.63, 3.8) is 0 Å². The average Bonchev–Trinajstić information content (AvgIpc) is 2.64. The van der Waals surface area contributed by atoms with Crippen LogP contribution in [0.5, 0.6) is 0 Å². The zero-order valence-electron chi connectivity index (χ0n) is 16.5. The van der Waals surface area contributed by atoms with Crippen molar-refractivity contribution in [2.45, 2.75) is 66.6 Å². The molecule has 0 amide bonds. The normalized spacial score (nSPS) is 17.4. The van der Waals surface area contributed by atoms with Crippen LogP contribution in [0.1, 0.15) is 6.92 Å². The summed E-state index contributed by atoms with van der Waals surface area (Å²) in [5, 5.41) is 0. The van der Waals surface area contributed by atoms with Crippen molar-refractivity contribution in [3.05, 3.63) is 12.2 Å². The molecular formula is C14H5F21O2. The van der Waals surface area contributed by atoms with Crippen LogP contribution in [0.4, 0.5) is 92.2 Å². The van der Waals surface area contributed by atoms with E-state index in [9.17, 15) is 97.0 Å². The van der Waals surface area contributed by atoms with Crippen LogP contribution in [-0.4, -0.2) is 65.6 Å². The smallest absolute Gasteiger partial charge is 0.411 e. The van der Waals surface area contributed by atoms with Gasteiger partial charge in [0.05, 0.1) is 0 Å². The van der Waals surface area contributed by atoms with Crippen LogP contribution < -0.4 is 0 Å². The Hall–Kier alpha value is -2.26. The number of esters is 1. The SMILES string of the molecule is C=C(C)C(=O)OC(F)(C(F)(F)F)C(F)(F)C(F)(F)C(F)(F)C(F)(F)C(F)(F)C(F)(F)C(F)(F)C(F)(F)F. The maximum absolute atomic E-state index is 14.0. The van der Waals surface area contributed by atoms with Crippen molar-refractivity contribution >= 4 is 5.97 Å². The summed E-state index contributed by atoms with van der Waals surface area (Å²) in [7, 11) is 0. The van der Waals surface area contributed by atoms with Gasteiger partial charge >= 0.3 is 65.6 Å². The lowest BCUT2D eigenvalue weighted by Crippen LogP contribution is -2.77. The third kappa shape index (κ3) is 4.42. The van der Waals surface area contributed by atoms with E-state index in [1.54, 1.807) is 0 Å². The molecule has 2 nitrogen and oxygen atoms in total. The molecule has 0 saturated carbocycles. The molecule has 0 heterocycles. The summed E-state index contributed by atoms with van der Waals surface area (Å²) in [4.78, 5) is 10.9. The Morgan fingerprint density at radius 3 is 0.919 bits per heavy atom. The second kappa shape index (κ2) is 8.63. The number of ether oxygens (including phenoxy) is 1. The predicted octanol–water partition coefficient (Wildman–Crippen LogP) is 7.34. The van der Waals surface area contributed by atoms with Crippen LogP contribution >= 0.6 is 0 Å². The van der Waals surface area contributed by atoms with E-state index < -0.39 is 71.2 Å². The number of rotatable bonds is 9. The van der Waals surface area contributed by atoms with Gasteiger partial charge in [-0.25, -0.2) is 4.79 Å². The van der Waals surface area contributed by atoms with E-state index in [1.807, 2.05) is 0 Å². The van der Waals surface area contributed by atoms with Gasteiger partial charge in [-0.2, -0.15) is 92.2 Å². The molecule has 0 saturated heterocycles. The van der Waals surface area contributed by atoms with Crippen molar-refractivity contribution in [2.24, 2.45) is 0 Å². The maximum atomic E-state index is 14.0. The fourth-order valence-electron chi connectivity index (χ4n) is 1.88. The highest BCUT2D eigenvalue weighted by Gasteiger charge is 2.98. The number of alkyl halides is 21. The van der Waals surface area contributed by atoms with E-state index in [1.165, 1.54) is 0 Å². The van der Waals surface area contributed by atoms with Gasteiger partial charge in [0.15, 0.2) is 0 Å². The van der Waals surface area contributed by atoms with Gasteiger partial charge < -0.3 is 4.74 Å². The zero-order chi connectivity index (χ0) is 30.9. The van der Waals surface area contributed by atoms with E-state index >= 15 is 0 Å². The molecule has 0 aliphatic heterocycles. The zero-order valence-corrected chi connectivity index (χ0v) is 16.5. The van der Waals surface area contributed by atoms with Crippen molar-refractivity contribution in [2.75, 3.05) is 0 Å². The second-order valence-corrected chi connectivity index (χ2v) is 6.78. The van der Waals surface area contributed by atoms with Crippen molar-refractivity contribution in [1.82, 2.24) is 0 Å². The van der Waals surface area contributed by atoms with E-state index in [2.05, 4.69) is 11.3 Å². The van der Waals surface area contributed by atoms with Crippen molar-refractivity contribution in [1.29, 1.82) is 0 Å². The molecule has 0 aliphatic rings. The van der Waals surface area contributed by atoms with E-state index in [0.29, 0.717) is 0 Å². The summed E-state index contributed by atoms with van der Waals surface area (Å²) in [6.07, 6.45) is -15.9. The Morgan fingerprint density at radius 2 is 0.703 bits per heavy atom. The first-order valence-corrected chi connectivity index (χ1v) is 7.93. The minimum Gasteiger partial charge on any atom is -0.411 e. The summed E-state index contributed by atoms with van der Waals surface area (Å²) in [5.74, 6) is -73.9. The van der Waals surface area contributed by atoms with Crippen LogP contribution in [0.15, 0.2) is 12.2 Å². The fraction of sp³-hybridized carbons (Fsp3) is 0.786. The number of halogens is 21. The van der Waals surface area contributed by atoms with Gasteiger partial charge in [-0.05, 0) is 6.92 Å². The molecule has 37 heavy (non-hydrogen) atoms. The second-order valence-electron chi connectivity index (χ2n) is 6.78. The fourth-order valence-corrected chi connectivity index (χ4v) is 1.88. The van der Waals surface area contributed by atoms with Crippen LogP contribution in [0, 0.1) is 0 Å². The highest BCUT2D eigenvalue weighted by molar-refractivity contribution is 5.87. The highest BCUT2D eigenvalue weighted by Crippen LogP contribution is 2.66. The van der Waals surface area contributed by atoms with Gasteiger partial charge in [-0.15, -0.1) is 0 Å². The Balaban J connectivity index is 7.28. The molecule has 0 spiro atoms.